The van der Waals surface area contributed by atoms with Crippen molar-refractivity contribution in [2.45, 2.75) is 70.8 Å². The first-order valence-electron chi connectivity index (χ1n) is 7.10. The zero-order chi connectivity index (χ0) is 13.4. The molecule has 1 rings (SSSR count). The van der Waals surface area contributed by atoms with Crippen molar-refractivity contribution >= 4 is 0 Å². The average Bonchev–Trinajstić information content (AvgIpc) is 2.34. The standard InChI is InChI=1S/C15H25F2N/c1-3-5-6-7-14(18-12-4-2)13-8-10-15(16,17)11-9-13/h13-14,18H,4,6-12H2,1-2H3. The summed E-state index contributed by atoms with van der Waals surface area (Å²) in [6, 6.07) is 0.363. The Balaban J connectivity index is 2.45. The van der Waals surface area contributed by atoms with Gasteiger partial charge in [0, 0.05) is 25.3 Å². The summed E-state index contributed by atoms with van der Waals surface area (Å²) in [5, 5.41) is 3.51. The van der Waals surface area contributed by atoms with Crippen LogP contribution in [-0.4, -0.2) is 18.5 Å². The molecule has 0 aliphatic heterocycles. The third kappa shape index (κ3) is 5.35. The number of alkyl halides is 2. The molecule has 104 valence electrons. The van der Waals surface area contributed by atoms with Crippen molar-refractivity contribution in [1.29, 1.82) is 0 Å². The molecule has 1 aliphatic rings. The van der Waals surface area contributed by atoms with Crippen molar-refractivity contribution in [3.63, 3.8) is 0 Å². The third-order valence-electron chi connectivity index (χ3n) is 3.74. The molecule has 0 amide bonds. The van der Waals surface area contributed by atoms with Gasteiger partial charge in [0.05, 0.1) is 0 Å². The van der Waals surface area contributed by atoms with E-state index < -0.39 is 5.92 Å². The molecule has 1 N–H and O–H groups in total. The van der Waals surface area contributed by atoms with Crippen molar-refractivity contribution < 1.29 is 8.78 Å². The maximum atomic E-state index is 13.2. The van der Waals surface area contributed by atoms with Gasteiger partial charge in [-0.1, -0.05) is 6.92 Å². The van der Waals surface area contributed by atoms with Crippen LogP contribution in [0.1, 0.15) is 58.8 Å². The van der Waals surface area contributed by atoms with E-state index in [1.54, 1.807) is 0 Å². The number of halogens is 2. The molecule has 0 heterocycles. The molecule has 1 aliphatic carbocycles. The minimum Gasteiger partial charge on any atom is -0.314 e. The first-order chi connectivity index (χ1) is 8.59. The molecule has 3 heteroatoms. The Kier molecular flexibility index (Phi) is 6.63. The Bertz CT molecular complexity index is 281. The molecule has 1 saturated carbocycles. The lowest BCUT2D eigenvalue weighted by molar-refractivity contribution is -0.0497. The van der Waals surface area contributed by atoms with Gasteiger partial charge in [-0.2, -0.15) is 0 Å². The van der Waals surface area contributed by atoms with Crippen LogP contribution in [-0.2, 0) is 0 Å². The minimum absolute atomic E-state index is 0.0570. The topological polar surface area (TPSA) is 12.0 Å². The molecule has 18 heavy (non-hydrogen) atoms. The summed E-state index contributed by atoms with van der Waals surface area (Å²) in [6.07, 6.45) is 4.34. The fourth-order valence-electron chi connectivity index (χ4n) is 2.65. The monoisotopic (exact) mass is 257 g/mol. The van der Waals surface area contributed by atoms with E-state index >= 15 is 0 Å². The summed E-state index contributed by atoms with van der Waals surface area (Å²) in [4.78, 5) is 0. The number of nitrogens with one attached hydrogen (secondary N) is 1. The first kappa shape index (κ1) is 15.4. The highest BCUT2D eigenvalue weighted by Gasteiger charge is 2.37. The largest absolute Gasteiger partial charge is 0.314 e. The molecule has 0 bridgehead atoms. The maximum Gasteiger partial charge on any atom is 0.248 e. The van der Waals surface area contributed by atoms with Crippen LogP contribution in [0.25, 0.3) is 0 Å². The highest BCUT2D eigenvalue weighted by molar-refractivity contribution is 4.96. The van der Waals surface area contributed by atoms with Crippen LogP contribution in [0.15, 0.2) is 0 Å². The molecule has 0 aromatic heterocycles. The van der Waals surface area contributed by atoms with Crippen LogP contribution < -0.4 is 5.32 Å². The summed E-state index contributed by atoms with van der Waals surface area (Å²) in [5.74, 6) is 3.95. The molecule has 0 radical (unpaired) electrons. The lowest BCUT2D eigenvalue weighted by atomic mass is 9.80. The predicted molar refractivity (Wildman–Crippen MR) is 71.7 cm³/mol. The molecular formula is C15H25F2N. The summed E-state index contributed by atoms with van der Waals surface area (Å²) in [7, 11) is 0. The second-order valence-corrected chi connectivity index (χ2v) is 5.22. The lowest BCUT2D eigenvalue weighted by Crippen LogP contribution is -2.40. The summed E-state index contributed by atoms with van der Waals surface area (Å²) >= 11 is 0. The maximum absolute atomic E-state index is 13.2. The van der Waals surface area contributed by atoms with Crippen LogP contribution in [0.5, 0.6) is 0 Å². The van der Waals surface area contributed by atoms with E-state index in [9.17, 15) is 8.78 Å². The van der Waals surface area contributed by atoms with Crippen molar-refractivity contribution in [3.8, 4) is 11.8 Å². The van der Waals surface area contributed by atoms with E-state index in [0.29, 0.717) is 24.8 Å². The van der Waals surface area contributed by atoms with E-state index in [2.05, 4.69) is 24.1 Å². The van der Waals surface area contributed by atoms with Gasteiger partial charge in [-0.25, -0.2) is 8.78 Å². The first-order valence-corrected chi connectivity index (χ1v) is 7.10. The molecule has 0 saturated heterocycles. The zero-order valence-electron chi connectivity index (χ0n) is 11.6. The summed E-state index contributed by atoms with van der Waals surface area (Å²) in [5.41, 5.74) is 0. The van der Waals surface area contributed by atoms with Crippen molar-refractivity contribution in [3.05, 3.63) is 0 Å². The van der Waals surface area contributed by atoms with E-state index in [0.717, 1.165) is 25.8 Å². The zero-order valence-corrected chi connectivity index (χ0v) is 11.6. The van der Waals surface area contributed by atoms with Crippen molar-refractivity contribution in [2.24, 2.45) is 5.92 Å². The highest BCUT2D eigenvalue weighted by atomic mass is 19.3. The van der Waals surface area contributed by atoms with Gasteiger partial charge in [-0.3, -0.25) is 0 Å². The van der Waals surface area contributed by atoms with E-state index in [-0.39, 0.29) is 12.8 Å². The van der Waals surface area contributed by atoms with Gasteiger partial charge in [0.2, 0.25) is 5.92 Å². The van der Waals surface area contributed by atoms with E-state index in [1.807, 2.05) is 6.92 Å². The van der Waals surface area contributed by atoms with E-state index in [4.69, 9.17) is 0 Å². The Morgan fingerprint density at radius 2 is 2.00 bits per heavy atom. The summed E-state index contributed by atoms with van der Waals surface area (Å²) in [6.45, 7) is 4.94. The molecule has 1 fully saturated rings. The Morgan fingerprint density at radius 3 is 2.56 bits per heavy atom. The predicted octanol–water partition coefficient (Wildman–Crippen LogP) is 3.98. The van der Waals surface area contributed by atoms with Crippen molar-refractivity contribution in [2.75, 3.05) is 6.54 Å². The van der Waals surface area contributed by atoms with Crippen molar-refractivity contribution in [1.82, 2.24) is 5.32 Å². The smallest absolute Gasteiger partial charge is 0.248 e. The highest BCUT2D eigenvalue weighted by Crippen LogP contribution is 2.38. The Morgan fingerprint density at radius 1 is 1.33 bits per heavy atom. The van der Waals surface area contributed by atoms with Gasteiger partial charge in [0.25, 0.3) is 0 Å². The Hall–Kier alpha value is -0.620. The average molecular weight is 257 g/mol. The Labute approximate surface area is 110 Å². The molecule has 1 nitrogen and oxygen atoms in total. The third-order valence-corrected chi connectivity index (χ3v) is 3.74. The van der Waals surface area contributed by atoms with Crippen LogP contribution in [0.2, 0.25) is 0 Å². The number of hydrogen-bond donors (Lipinski definition) is 1. The quantitative estimate of drug-likeness (QED) is 0.710. The number of hydrogen-bond acceptors (Lipinski definition) is 1. The van der Waals surface area contributed by atoms with Gasteiger partial charge in [0.15, 0.2) is 0 Å². The van der Waals surface area contributed by atoms with Gasteiger partial charge in [-0.05, 0) is 45.1 Å². The van der Waals surface area contributed by atoms with Crippen LogP contribution in [0, 0.1) is 17.8 Å². The lowest BCUT2D eigenvalue weighted by Gasteiger charge is -2.34. The van der Waals surface area contributed by atoms with Gasteiger partial charge in [-0.15, -0.1) is 11.8 Å². The molecule has 0 aromatic rings. The minimum atomic E-state index is -2.42. The van der Waals surface area contributed by atoms with Gasteiger partial charge < -0.3 is 5.32 Å². The second kappa shape index (κ2) is 7.74. The fraction of sp³-hybridized carbons (Fsp3) is 0.867. The molecule has 1 unspecified atom stereocenters. The number of rotatable bonds is 6. The molecule has 0 aromatic carbocycles. The molecular weight excluding hydrogens is 232 g/mol. The SMILES string of the molecule is CC#CCCC(NCCC)C1CCC(F)(F)CC1. The van der Waals surface area contributed by atoms with Crippen LogP contribution >= 0.6 is 0 Å². The molecule has 0 spiro atoms. The normalized spacial score (nSPS) is 21.1. The van der Waals surface area contributed by atoms with Gasteiger partial charge >= 0.3 is 0 Å². The van der Waals surface area contributed by atoms with E-state index in [1.165, 1.54) is 0 Å². The fourth-order valence-corrected chi connectivity index (χ4v) is 2.65. The van der Waals surface area contributed by atoms with Gasteiger partial charge in [0.1, 0.15) is 0 Å². The van der Waals surface area contributed by atoms with Crippen LogP contribution in [0.4, 0.5) is 8.78 Å². The second-order valence-electron chi connectivity index (χ2n) is 5.22. The molecule has 1 atom stereocenters. The summed E-state index contributed by atoms with van der Waals surface area (Å²) < 4.78 is 26.3. The van der Waals surface area contributed by atoms with Crippen LogP contribution in [0.3, 0.4) is 0 Å².